The first kappa shape index (κ1) is 35.6. The summed E-state index contributed by atoms with van der Waals surface area (Å²) in [5.74, 6) is 2.08. The topological polar surface area (TPSA) is 109 Å². The van der Waals surface area contributed by atoms with Gasteiger partial charge in [0.2, 0.25) is 17.7 Å². The molecule has 0 saturated carbocycles. The number of carbonyl (C=O) groups is 2. The molecule has 4 aromatic rings. The van der Waals surface area contributed by atoms with Crippen LogP contribution in [0.2, 0.25) is 10.0 Å². The largest absolute Gasteiger partial charge is 0.496 e. The first-order valence-corrected chi connectivity index (χ1v) is 17.4. The van der Waals surface area contributed by atoms with Crippen LogP contribution in [0.25, 0.3) is 33.6 Å². The van der Waals surface area contributed by atoms with Crippen molar-refractivity contribution >= 4 is 35.0 Å². The third-order valence-electron chi connectivity index (χ3n) is 9.29. The number of carbonyl (C=O) groups excluding carboxylic acids is 2. The fraction of sp³-hybridized carbons (Fsp3) is 0.368. The first-order valence-electron chi connectivity index (χ1n) is 16.7. The van der Waals surface area contributed by atoms with Crippen molar-refractivity contribution in [2.45, 2.75) is 25.9 Å². The van der Waals surface area contributed by atoms with Gasteiger partial charge in [0.1, 0.15) is 5.75 Å². The highest BCUT2D eigenvalue weighted by molar-refractivity contribution is 6.39. The summed E-state index contributed by atoms with van der Waals surface area (Å²) >= 11 is 14.2. The van der Waals surface area contributed by atoms with Crippen LogP contribution in [-0.2, 0) is 22.7 Å². The highest BCUT2D eigenvalue weighted by Crippen LogP contribution is 2.42. The van der Waals surface area contributed by atoms with E-state index in [-0.39, 0.29) is 11.8 Å². The Bertz CT molecular complexity index is 1750. The van der Waals surface area contributed by atoms with Crippen LogP contribution in [0.15, 0.2) is 60.8 Å². The van der Waals surface area contributed by atoms with Gasteiger partial charge >= 0.3 is 0 Å². The van der Waals surface area contributed by atoms with Gasteiger partial charge in [0, 0.05) is 91.7 Å². The second-order valence-electron chi connectivity index (χ2n) is 13.2. The van der Waals surface area contributed by atoms with E-state index >= 15 is 0 Å². The first-order chi connectivity index (χ1) is 24.1. The molecule has 50 heavy (non-hydrogen) atoms. The predicted octanol–water partition coefficient (Wildman–Crippen LogP) is 5.94. The number of benzene rings is 2. The Balaban J connectivity index is 1.22. The van der Waals surface area contributed by atoms with Crippen LogP contribution in [0.5, 0.6) is 11.6 Å². The molecule has 2 fully saturated rings. The fourth-order valence-corrected chi connectivity index (χ4v) is 7.56. The van der Waals surface area contributed by atoms with Gasteiger partial charge in [-0.15, -0.1) is 0 Å². The summed E-state index contributed by atoms with van der Waals surface area (Å²) in [7, 11) is 7.36. The molecule has 12 heteroatoms. The summed E-state index contributed by atoms with van der Waals surface area (Å²) in [5.41, 5.74) is 6.34. The Hall–Kier alpha value is -4.22. The fourth-order valence-electron chi connectivity index (χ4n) is 6.91. The van der Waals surface area contributed by atoms with Gasteiger partial charge in [-0.3, -0.25) is 14.6 Å². The average molecular weight is 718 g/mol. The minimum absolute atomic E-state index is 0.109. The monoisotopic (exact) mass is 716 g/mol. The lowest BCUT2D eigenvalue weighted by molar-refractivity contribution is -0.120. The van der Waals surface area contributed by atoms with Gasteiger partial charge in [0.05, 0.1) is 35.7 Å². The Morgan fingerprint density at radius 1 is 0.780 bits per heavy atom. The Morgan fingerprint density at radius 3 is 2.02 bits per heavy atom. The normalized spacial score (nSPS) is 17.4. The Labute approximate surface area is 303 Å². The van der Waals surface area contributed by atoms with E-state index in [1.54, 1.807) is 20.4 Å². The maximum Gasteiger partial charge on any atom is 0.220 e. The van der Waals surface area contributed by atoms with Gasteiger partial charge in [-0.05, 0) is 44.1 Å². The maximum atomic E-state index is 11.6. The maximum absolute atomic E-state index is 11.6. The van der Waals surface area contributed by atoms with E-state index in [9.17, 15) is 9.59 Å². The van der Waals surface area contributed by atoms with Gasteiger partial charge in [-0.1, -0.05) is 59.6 Å². The molecule has 2 aromatic heterocycles. The van der Waals surface area contributed by atoms with E-state index in [0.717, 1.165) is 52.2 Å². The second-order valence-corrected chi connectivity index (χ2v) is 14.0. The molecule has 2 aliphatic heterocycles. The number of hydrogen-bond acceptors (Lipinski definition) is 8. The van der Waals surface area contributed by atoms with Gasteiger partial charge in [-0.2, -0.15) is 0 Å². The molecule has 2 aliphatic rings. The molecular formula is C38H42Cl2N6O4. The van der Waals surface area contributed by atoms with E-state index < -0.39 is 0 Å². The minimum atomic E-state index is 0.109. The van der Waals surface area contributed by atoms with Crippen molar-refractivity contribution in [2.24, 2.45) is 11.8 Å². The number of nitrogens with one attached hydrogen (secondary N) is 2. The number of nitrogens with zero attached hydrogens (tertiary/aromatic N) is 4. The number of halogens is 2. The zero-order valence-electron chi connectivity index (χ0n) is 28.8. The van der Waals surface area contributed by atoms with E-state index in [1.165, 1.54) is 0 Å². The highest BCUT2D eigenvalue weighted by atomic mass is 35.5. The Kier molecular flexibility index (Phi) is 11.2. The quantitative estimate of drug-likeness (QED) is 0.175. The lowest BCUT2D eigenvalue weighted by atomic mass is 9.99. The van der Waals surface area contributed by atoms with Crippen molar-refractivity contribution in [1.29, 1.82) is 0 Å². The molecule has 262 valence electrons. The van der Waals surface area contributed by atoms with Crippen molar-refractivity contribution in [3.63, 3.8) is 0 Å². The number of methoxy groups -OCH3 is 2. The predicted molar refractivity (Wildman–Crippen MR) is 196 cm³/mol. The minimum Gasteiger partial charge on any atom is -0.496 e. The van der Waals surface area contributed by atoms with Crippen LogP contribution in [0.4, 0.5) is 0 Å². The molecule has 0 bridgehead atoms. The molecule has 2 aromatic carbocycles. The van der Waals surface area contributed by atoms with Gasteiger partial charge in [-0.25, -0.2) is 4.98 Å². The third kappa shape index (κ3) is 8.05. The van der Waals surface area contributed by atoms with Crippen LogP contribution >= 0.6 is 23.2 Å². The van der Waals surface area contributed by atoms with Crippen LogP contribution < -0.4 is 20.1 Å². The van der Waals surface area contributed by atoms with Crippen molar-refractivity contribution in [3.05, 3.63) is 82.0 Å². The molecular weight excluding hydrogens is 675 g/mol. The van der Waals surface area contributed by atoms with Gasteiger partial charge < -0.3 is 29.9 Å². The molecule has 2 N–H and O–H groups in total. The molecule has 2 saturated heterocycles. The molecule has 0 radical (unpaired) electrons. The van der Waals surface area contributed by atoms with Gasteiger partial charge in [0.25, 0.3) is 0 Å². The number of amides is 2. The smallest absolute Gasteiger partial charge is 0.220 e. The van der Waals surface area contributed by atoms with Crippen molar-refractivity contribution in [1.82, 2.24) is 30.4 Å². The summed E-state index contributed by atoms with van der Waals surface area (Å²) < 4.78 is 11.5. The summed E-state index contributed by atoms with van der Waals surface area (Å²) in [6, 6.07) is 17.6. The molecule has 4 heterocycles. The van der Waals surface area contributed by atoms with Crippen molar-refractivity contribution in [2.75, 3.05) is 54.5 Å². The lowest BCUT2D eigenvalue weighted by Crippen LogP contribution is -2.27. The van der Waals surface area contributed by atoms with Crippen LogP contribution in [0, 0.1) is 11.8 Å². The van der Waals surface area contributed by atoms with E-state index in [2.05, 4.69) is 32.5 Å². The number of rotatable bonds is 13. The summed E-state index contributed by atoms with van der Waals surface area (Å²) in [4.78, 5) is 37.1. The number of ether oxygens (including phenoxy) is 2. The SMILES string of the molecule is COc1cc(-c2nccc(-c3cccc(-c4ccc(CN(C)C[C@@H]5CNC(=O)C5)c(OC)n4)c3Cl)c2Cl)ccc1CN(C)C[C@H]1CNC(=O)C1. The number of aromatic nitrogens is 2. The van der Waals surface area contributed by atoms with Crippen LogP contribution in [-0.4, -0.2) is 86.1 Å². The number of hydrogen-bond donors (Lipinski definition) is 2. The lowest BCUT2D eigenvalue weighted by Gasteiger charge is -2.21. The van der Waals surface area contributed by atoms with Crippen molar-refractivity contribution < 1.29 is 19.1 Å². The van der Waals surface area contributed by atoms with Gasteiger partial charge in [0.15, 0.2) is 0 Å². The molecule has 0 unspecified atom stereocenters. The Morgan fingerprint density at radius 2 is 1.40 bits per heavy atom. The van der Waals surface area contributed by atoms with Crippen molar-refractivity contribution in [3.8, 4) is 45.3 Å². The van der Waals surface area contributed by atoms with Crippen LogP contribution in [0.1, 0.15) is 24.0 Å². The molecule has 6 rings (SSSR count). The summed E-state index contributed by atoms with van der Waals surface area (Å²) in [6.45, 7) is 4.33. The second kappa shape index (κ2) is 15.8. The zero-order valence-corrected chi connectivity index (χ0v) is 30.3. The molecule has 2 atom stereocenters. The molecule has 0 aliphatic carbocycles. The summed E-state index contributed by atoms with van der Waals surface area (Å²) in [5, 5.41) is 6.80. The average Bonchev–Trinajstić information content (AvgIpc) is 3.71. The van der Waals surface area contributed by atoms with E-state index in [4.69, 9.17) is 37.7 Å². The summed E-state index contributed by atoms with van der Waals surface area (Å²) in [6.07, 6.45) is 2.85. The van der Waals surface area contributed by atoms with E-state index in [0.29, 0.717) is 78.2 Å². The third-order valence-corrected chi connectivity index (χ3v) is 10.1. The van der Waals surface area contributed by atoms with E-state index in [1.807, 2.05) is 61.6 Å². The number of pyridine rings is 2. The standard InChI is InChI=1S/C38H42Cl2N6O4/c1-45(19-23-14-33(47)42-17-23)21-26-9-8-25(16-32(26)49-3)37-36(40)29(12-13-41-37)28-6-5-7-30(35(28)39)31-11-10-27(38(44-31)50-4)22-46(2)20-24-15-34(48)43-18-24/h5-13,16,23-24H,14-15,17-22H2,1-4H3,(H,42,47)(H,43,48)/t23-,24+/m1/s1. The highest BCUT2D eigenvalue weighted by Gasteiger charge is 2.25. The molecule has 2 amide bonds. The molecule has 10 nitrogen and oxygen atoms in total. The van der Waals surface area contributed by atoms with Crippen LogP contribution in [0.3, 0.4) is 0 Å². The zero-order chi connectivity index (χ0) is 35.4. The molecule has 0 spiro atoms.